The van der Waals surface area contributed by atoms with Gasteiger partial charge in [-0.2, -0.15) is 0 Å². The van der Waals surface area contributed by atoms with Crippen LogP contribution in [0.3, 0.4) is 0 Å². The fourth-order valence-corrected chi connectivity index (χ4v) is 1.57. The van der Waals surface area contributed by atoms with Gasteiger partial charge in [0.25, 0.3) is 0 Å². The number of carbonyl (C=O) groups excluding carboxylic acids is 1. The molecule has 0 aromatic carbocycles. The summed E-state index contributed by atoms with van der Waals surface area (Å²) < 4.78 is 5.25. The number of rotatable bonds is 1. The zero-order valence-electron chi connectivity index (χ0n) is 6.80. The number of esters is 1. The van der Waals surface area contributed by atoms with E-state index in [1.807, 2.05) is 29.5 Å². The van der Waals surface area contributed by atoms with Crippen molar-refractivity contribution in [3.05, 3.63) is 27.1 Å². The normalized spacial score (nSPS) is 9.58. The van der Waals surface area contributed by atoms with Gasteiger partial charge in [-0.3, -0.25) is 0 Å². The van der Waals surface area contributed by atoms with Crippen molar-refractivity contribution >= 4 is 28.6 Å². The maximum atomic E-state index is 11.1. The fourth-order valence-electron chi connectivity index (χ4n) is 0.787. The Morgan fingerprint density at radius 3 is 2.75 bits per heavy atom. The van der Waals surface area contributed by atoms with Crippen LogP contribution < -0.4 is 0 Å². The third-order valence-electron chi connectivity index (χ3n) is 1.39. The van der Waals surface area contributed by atoms with Gasteiger partial charge >= 0.3 is 5.97 Å². The molecular weight excluding hydrogens is 269 g/mol. The number of methoxy groups -OCH3 is 1. The number of ether oxygens (including phenoxy) is 1. The Balaban J connectivity index is 3.09. The van der Waals surface area contributed by atoms with Crippen molar-refractivity contribution in [2.24, 2.45) is 0 Å². The molecule has 0 N–H and O–H groups in total. The zero-order chi connectivity index (χ0) is 9.14. The summed E-state index contributed by atoms with van der Waals surface area (Å²) in [5, 5.41) is 0. The number of pyridine rings is 1. The lowest BCUT2D eigenvalue weighted by molar-refractivity contribution is 0.0599. The molecule has 12 heavy (non-hydrogen) atoms. The Morgan fingerprint density at radius 1 is 1.58 bits per heavy atom. The molecule has 0 saturated carbocycles. The Kier molecular flexibility index (Phi) is 3.02. The SMILES string of the molecule is COC(=O)c1ccc(C)nc1I. The highest BCUT2D eigenvalue weighted by molar-refractivity contribution is 14.1. The van der Waals surface area contributed by atoms with E-state index in [1.165, 1.54) is 7.11 Å². The predicted molar refractivity (Wildman–Crippen MR) is 53.0 cm³/mol. The molecule has 1 aromatic rings. The van der Waals surface area contributed by atoms with E-state index in [1.54, 1.807) is 12.1 Å². The Bertz CT molecular complexity index is 312. The molecule has 64 valence electrons. The van der Waals surface area contributed by atoms with Crippen LogP contribution in [-0.2, 0) is 4.74 Å². The lowest BCUT2D eigenvalue weighted by Crippen LogP contribution is -2.05. The predicted octanol–water partition coefficient (Wildman–Crippen LogP) is 1.78. The zero-order valence-corrected chi connectivity index (χ0v) is 8.95. The van der Waals surface area contributed by atoms with Crippen molar-refractivity contribution in [1.29, 1.82) is 0 Å². The summed E-state index contributed by atoms with van der Waals surface area (Å²) in [6.45, 7) is 1.88. The first-order valence-corrected chi connectivity index (χ1v) is 4.44. The van der Waals surface area contributed by atoms with E-state index in [0.717, 1.165) is 5.69 Å². The monoisotopic (exact) mass is 277 g/mol. The minimum Gasteiger partial charge on any atom is -0.465 e. The number of carbonyl (C=O) groups is 1. The molecule has 0 unspecified atom stereocenters. The van der Waals surface area contributed by atoms with Gasteiger partial charge < -0.3 is 4.74 Å². The van der Waals surface area contributed by atoms with E-state index < -0.39 is 0 Å². The van der Waals surface area contributed by atoms with E-state index in [9.17, 15) is 4.79 Å². The number of hydrogen-bond donors (Lipinski definition) is 0. The summed E-state index contributed by atoms with van der Waals surface area (Å²) in [5.41, 5.74) is 1.41. The maximum absolute atomic E-state index is 11.1. The lowest BCUT2D eigenvalue weighted by Gasteiger charge is -2.01. The quantitative estimate of drug-likeness (QED) is 0.446. The lowest BCUT2D eigenvalue weighted by atomic mass is 10.2. The van der Waals surface area contributed by atoms with Crippen LogP contribution >= 0.6 is 22.6 Å². The smallest absolute Gasteiger partial charge is 0.340 e. The maximum Gasteiger partial charge on any atom is 0.340 e. The van der Waals surface area contributed by atoms with Crippen LogP contribution in [0.2, 0.25) is 0 Å². The van der Waals surface area contributed by atoms with E-state index in [-0.39, 0.29) is 5.97 Å². The van der Waals surface area contributed by atoms with Gasteiger partial charge in [0.05, 0.1) is 12.7 Å². The van der Waals surface area contributed by atoms with Gasteiger partial charge in [-0.15, -0.1) is 0 Å². The minimum atomic E-state index is -0.341. The molecule has 3 nitrogen and oxygen atoms in total. The minimum absolute atomic E-state index is 0.341. The highest BCUT2D eigenvalue weighted by Crippen LogP contribution is 2.10. The Morgan fingerprint density at radius 2 is 2.25 bits per heavy atom. The van der Waals surface area contributed by atoms with Crippen LogP contribution in [0.4, 0.5) is 0 Å². The number of aromatic nitrogens is 1. The van der Waals surface area contributed by atoms with Crippen molar-refractivity contribution in [2.45, 2.75) is 6.92 Å². The van der Waals surface area contributed by atoms with Gasteiger partial charge in [-0.05, 0) is 41.6 Å². The Labute approximate surface area is 84.3 Å². The third kappa shape index (κ3) is 1.94. The topological polar surface area (TPSA) is 39.2 Å². The van der Waals surface area contributed by atoms with Crippen LogP contribution in [0.1, 0.15) is 16.1 Å². The molecule has 0 radical (unpaired) electrons. The average molecular weight is 277 g/mol. The molecule has 1 heterocycles. The molecule has 1 rings (SSSR count). The summed E-state index contributed by atoms with van der Waals surface area (Å²) in [6.07, 6.45) is 0. The fraction of sp³-hybridized carbons (Fsp3) is 0.250. The number of nitrogens with zero attached hydrogens (tertiary/aromatic N) is 1. The number of halogens is 1. The van der Waals surface area contributed by atoms with Gasteiger partial charge in [-0.25, -0.2) is 9.78 Å². The third-order valence-corrected chi connectivity index (χ3v) is 2.22. The summed E-state index contributed by atoms with van der Waals surface area (Å²) in [5.74, 6) is -0.341. The molecule has 0 aliphatic heterocycles. The Hall–Kier alpha value is -0.650. The van der Waals surface area contributed by atoms with Crippen LogP contribution in [-0.4, -0.2) is 18.1 Å². The molecular formula is C8H8INO2. The molecule has 0 aliphatic rings. The van der Waals surface area contributed by atoms with E-state index in [4.69, 9.17) is 0 Å². The first-order valence-electron chi connectivity index (χ1n) is 3.36. The summed E-state index contributed by atoms with van der Waals surface area (Å²) in [7, 11) is 1.36. The summed E-state index contributed by atoms with van der Waals surface area (Å²) in [6, 6.07) is 3.50. The van der Waals surface area contributed by atoms with Gasteiger partial charge in [0.1, 0.15) is 3.70 Å². The van der Waals surface area contributed by atoms with Gasteiger partial charge in [0.15, 0.2) is 0 Å². The van der Waals surface area contributed by atoms with Crippen molar-refractivity contribution < 1.29 is 9.53 Å². The average Bonchev–Trinajstić information content (AvgIpc) is 2.03. The molecule has 0 fully saturated rings. The summed E-state index contributed by atoms with van der Waals surface area (Å²) >= 11 is 2.01. The molecule has 1 aromatic heterocycles. The second-order valence-electron chi connectivity index (χ2n) is 2.28. The second-order valence-corrected chi connectivity index (χ2v) is 3.30. The van der Waals surface area contributed by atoms with E-state index in [2.05, 4.69) is 9.72 Å². The summed E-state index contributed by atoms with van der Waals surface area (Å²) in [4.78, 5) is 15.2. The van der Waals surface area contributed by atoms with Crippen LogP contribution in [0, 0.1) is 10.6 Å². The number of hydrogen-bond acceptors (Lipinski definition) is 3. The van der Waals surface area contributed by atoms with Crippen molar-refractivity contribution in [3.63, 3.8) is 0 Å². The molecule has 0 bridgehead atoms. The van der Waals surface area contributed by atoms with Crippen LogP contribution in [0.15, 0.2) is 12.1 Å². The van der Waals surface area contributed by atoms with Crippen LogP contribution in [0.25, 0.3) is 0 Å². The molecule has 0 amide bonds. The molecule has 0 atom stereocenters. The van der Waals surface area contributed by atoms with Crippen molar-refractivity contribution in [1.82, 2.24) is 4.98 Å². The van der Waals surface area contributed by atoms with Gasteiger partial charge in [0, 0.05) is 5.69 Å². The van der Waals surface area contributed by atoms with E-state index >= 15 is 0 Å². The number of aryl methyl sites for hydroxylation is 1. The molecule has 0 aliphatic carbocycles. The second kappa shape index (κ2) is 3.84. The van der Waals surface area contributed by atoms with Gasteiger partial charge in [0.2, 0.25) is 0 Å². The van der Waals surface area contributed by atoms with E-state index in [0.29, 0.717) is 9.26 Å². The molecule has 0 spiro atoms. The first kappa shape index (κ1) is 9.44. The largest absolute Gasteiger partial charge is 0.465 e. The van der Waals surface area contributed by atoms with Crippen LogP contribution in [0.5, 0.6) is 0 Å². The van der Waals surface area contributed by atoms with Crippen molar-refractivity contribution in [3.8, 4) is 0 Å². The van der Waals surface area contributed by atoms with Gasteiger partial charge in [-0.1, -0.05) is 0 Å². The first-order chi connectivity index (χ1) is 5.65. The standard InChI is InChI=1S/C8H8INO2/c1-5-3-4-6(7(9)10-5)8(11)12-2/h3-4H,1-2H3. The molecule has 4 heteroatoms. The highest BCUT2D eigenvalue weighted by atomic mass is 127. The molecule has 0 saturated heterocycles. The highest BCUT2D eigenvalue weighted by Gasteiger charge is 2.10. The van der Waals surface area contributed by atoms with Crippen molar-refractivity contribution in [2.75, 3.05) is 7.11 Å².